The van der Waals surface area contributed by atoms with E-state index in [0.29, 0.717) is 12.3 Å². The van der Waals surface area contributed by atoms with Crippen molar-refractivity contribution in [3.8, 4) is 5.69 Å². The summed E-state index contributed by atoms with van der Waals surface area (Å²) >= 11 is 0. The molecule has 1 heterocycles. The molecular weight excluding hydrogens is 298 g/mol. The Bertz CT molecular complexity index is 893. The number of fused-ring (bicyclic) bond motifs is 1. The van der Waals surface area contributed by atoms with Crippen LogP contribution in [0.4, 0.5) is 5.69 Å². The summed E-state index contributed by atoms with van der Waals surface area (Å²) in [5.74, 6) is 0.467. The number of aromatic nitrogens is 2. The van der Waals surface area contributed by atoms with Crippen molar-refractivity contribution in [2.24, 2.45) is 5.92 Å². The number of rotatable bonds is 4. The summed E-state index contributed by atoms with van der Waals surface area (Å²) in [7, 11) is 0. The van der Waals surface area contributed by atoms with E-state index < -0.39 is 0 Å². The van der Waals surface area contributed by atoms with Crippen molar-refractivity contribution in [3.05, 3.63) is 67.0 Å². The van der Waals surface area contributed by atoms with Gasteiger partial charge in [0.05, 0.1) is 11.0 Å². The summed E-state index contributed by atoms with van der Waals surface area (Å²) in [6.07, 6.45) is 8.86. The predicted octanol–water partition coefficient (Wildman–Crippen LogP) is 4.32. The second kappa shape index (κ2) is 6.32. The van der Waals surface area contributed by atoms with Crippen LogP contribution < -0.4 is 5.32 Å². The Morgan fingerprint density at radius 2 is 2.00 bits per heavy atom. The molecule has 0 radical (unpaired) electrons. The van der Waals surface area contributed by atoms with E-state index in [1.807, 2.05) is 59.4 Å². The number of carbonyl (C=O) groups is 1. The van der Waals surface area contributed by atoms with E-state index in [2.05, 4.69) is 22.5 Å². The van der Waals surface area contributed by atoms with Crippen LogP contribution >= 0.6 is 0 Å². The maximum Gasteiger partial charge on any atom is 0.224 e. The van der Waals surface area contributed by atoms with E-state index in [0.717, 1.165) is 35.2 Å². The van der Waals surface area contributed by atoms with Crippen molar-refractivity contribution in [1.29, 1.82) is 0 Å². The van der Waals surface area contributed by atoms with Gasteiger partial charge in [0, 0.05) is 17.8 Å². The largest absolute Gasteiger partial charge is 0.326 e. The molecular formula is C20H19N3O. The second-order valence-corrected chi connectivity index (χ2v) is 6.17. The van der Waals surface area contributed by atoms with Gasteiger partial charge in [-0.15, -0.1) is 0 Å². The molecule has 1 aliphatic rings. The predicted molar refractivity (Wildman–Crippen MR) is 96.2 cm³/mol. The molecule has 2 aromatic carbocycles. The zero-order valence-corrected chi connectivity index (χ0v) is 13.4. The molecule has 0 bridgehead atoms. The molecule has 4 rings (SSSR count). The quantitative estimate of drug-likeness (QED) is 0.728. The number of anilines is 1. The Balaban J connectivity index is 1.48. The maximum absolute atomic E-state index is 12.1. The Kier molecular flexibility index (Phi) is 3.87. The van der Waals surface area contributed by atoms with Crippen LogP contribution in [0.2, 0.25) is 0 Å². The molecule has 0 spiro atoms. The van der Waals surface area contributed by atoms with Crippen molar-refractivity contribution in [2.45, 2.75) is 19.3 Å². The van der Waals surface area contributed by atoms with Crippen LogP contribution in [-0.2, 0) is 4.79 Å². The number of hydrogen-bond donors (Lipinski definition) is 1. The van der Waals surface area contributed by atoms with E-state index in [-0.39, 0.29) is 5.91 Å². The molecule has 1 N–H and O–H groups in total. The second-order valence-electron chi connectivity index (χ2n) is 6.17. The fourth-order valence-electron chi connectivity index (χ4n) is 3.19. The molecule has 4 nitrogen and oxygen atoms in total. The zero-order chi connectivity index (χ0) is 16.4. The monoisotopic (exact) mass is 317 g/mol. The highest BCUT2D eigenvalue weighted by Crippen LogP contribution is 2.22. The summed E-state index contributed by atoms with van der Waals surface area (Å²) in [6, 6.07) is 15.9. The standard InChI is InChI=1S/C20H19N3O/c24-20(13-15-5-1-2-6-15)22-16-9-11-17(12-10-16)23-14-21-18-7-3-4-8-19(18)23/h1,3-5,7-12,14-15H,2,6,13H2,(H,22,24). The lowest BCUT2D eigenvalue weighted by Crippen LogP contribution is -2.14. The Hall–Kier alpha value is -2.88. The number of imidazole rings is 1. The molecule has 1 atom stereocenters. The van der Waals surface area contributed by atoms with Gasteiger partial charge in [0.1, 0.15) is 6.33 Å². The first-order valence-corrected chi connectivity index (χ1v) is 8.29. The minimum Gasteiger partial charge on any atom is -0.326 e. The van der Waals surface area contributed by atoms with Gasteiger partial charge in [-0.1, -0.05) is 24.3 Å². The normalized spacial score (nSPS) is 16.6. The van der Waals surface area contributed by atoms with Crippen molar-refractivity contribution >= 4 is 22.6 Å². The van der Waals surface area contributed by atoms with E-state index in [9.17, 15) is 4.79 Å². The fourth-order valence-corrected chi connectivity index (χ4v) is 3.19. The molecule has 1 unspecified atom stereocenters. The summed E-state index contributed by atoms with van der Waals surface area (Å²) in [5.41, 5.74) is 3.90. The van der Waals surface area contributed by atoms with E-state index in [1.165, 1.54) is 0 Å². The number of allylic oxidation sites excluding steroid dienone is 2. The first-order valence-electron chi connectivity index (χ1n) is 8.29. The van der Waals surface area contributed by atoms with Crippen molar-refractivity contribution in [3.63, 3.8) is 0 Å². The molecule has 0 saturated heterocycles. The SMILES string of the molecule is O=C(CC1C=CCC1)Nc1ccc(-n2cnc3ccccc32)cc1. The Morgan fingerprint density at radius 1 is 1.17 bits per heavy atom. The lowest BCUT2D eigenvalue weighted by atomic mass is 10.1. The number of hydrogen-bond acceptors (Lipinski definition) is 2. The van der Waals surface area contributed by atoms with E-state index in [1.54, 1.807) is 0 Å². The van der Waals surface area contributed by atoms with Gasteiger partial charge in [0.25, 0.3) is 0 Å². The highest BCUT2D eigenvalue weighted by atomic mass is 16.1. The van der Waals surface area contributed by atoms with Crippen LogP contribution in [0.15, 0.2) is 67.0 Å². The molecule has 1 aliphatic carbocycles. The molecule has 1 aromatic heterocycles. The third-order valence-corrected chi connectivity index (χ3v) is 4.44. The van der Waals surface area contributed by atoms with Gasteiger partial charge in [0.15, 0.2) is 0 Å². The maximum atomic E-state index is 12.1. The summed E-state index contributed by atoms with van der Waals surface area (Å²) in [5, 5.41) is 2.98. The van der Waals surface area contributed by atoms with Gasteiger partial charge in [-0.05, 0) is 55.2 Å². The topological polar surface area (TPSA) is 46.9 Å². The first kappa shape index (κ1) is 14.7. The lowest BCUT2D eigenvalue weighted by Gasteiger charge is -2.10. The molecule has 1 amide bonds. The van der Waals surface area contributed by atoms with Crippen LogP contribution in [0.3, 0.4) is 0 Å². The van der Waals surface area contributed by atoms with Crippen LogP contribution in [0.5, 0.6) is 0 Å². The fraction of sp³-hybridized carbons (Fsp3) is 0.200. The van der Waals surface area contributed by atoms with Crippen molar-refractivity contribution in [2.75, 3.05) is 5.32 Å². The van der Waals surface area contributed by atoms with Crippen LogP contribution in [-0.4, -0.2) is 15.5 Å². The number of amides is 1. The minimum atomic E-state index is 0.0763. The average Bonchev–Trinajstić information content (AvgIpc) is 3.25. The van der Waals surface area contributed by atoms with Crippen molar-refractivity contribution in [1.82, 2.24) is 9.55 Å². The molecule has 0 fully saturated rings. The Morgan fingerprint density at radius 3 is 2.79 bits per heavy atom. The summed E-state index contributed by atoms with van der Waals surface area (Å²) < 4.78 is 2.05. The van der Waals surface area contributed by atoms with Gasteiger partial charge >= 0.3 is 0 Å². The smallest absolute Gasteiger partial charge is 0.224 e. The van der Waals surface area contributed by atoms with E-state index in [4.69, 9.17) is 0 Å². The summed E-state index contributed by atoms with van der Waals surface area (Å²) in [6.45, 7) is 0. The molecule has 3 aromatic rings. The number of nitrogens with zero attached hydrogens (tertiary/aromatic N) is 2. The average molecular weight is 317 g/mol. The molecule has 120 valence electrons. The lowest BCUT2D eigenvalue weighted by molar-refractivity contribution is -0.116. The van der Waals surface area contributed by atoms with Crippen LogP contribution in [0.25, 0.3) is 16.7 Å². The van der Waals surface area contributed by atoms with Crippen molar-refractivity contribution < 1.29 is 4.79 Å². The molecule has 0 aliphatic heterocycles. The van der Waals surface area contributed by atoms with Gasteiger partial charge in [0.2, 0.25) is 5.91 Å². The van der Waals surface area contributed by atoms with Gasteiger partial charge < -0.3 is 5.32 Å². The van der Waals surface area contributed by atoms with Gasteiger partial charge in [-0.3, -0.25) is 9.36 Å². The van der Waals surface area contributed by atoms with Gasteiger partial charge in [-0.2, -0.15) is 0 Å². The molecule has 24 heavy (non-hydrogen) atoms. The number of carbonyl (C=O) groups excluding carboxylic acids is 1. The van der Waals surface area contributed by atoms with Crippen LogP contribution in [0, 0.1) is 5.92 Å². The van der Waals surface area contributed by atoms with Gasteiger partial charge in [-0.25, -0.2) is 4.98 Å². The molecule has 4 heteroatoms. The highest BCUT2D eigenvalue weighted by molar-refractivity contribution is 5.91. The first-order chi connectivity index (χ1) is 11.8. The highest BCUT2D eigenvalue weighted by Gasteiger charge is 2.14. The molecule has 0 saturated carbocycles. The minimum absolute atomic E-state index is 0.0763. The van der Waals surface area contributed by atoms with E-state index >= 15 is 0 Å². The number of para-hydroxylation sites is 2. The summed E-state index contributed by atoms with van der Waals surface area (Å²) in [4.78, 5) is 16.5. The number of nitrogens with one attached hydrogen (secondary N) is 1. The third kappa shape index (κ3) is 2.95. The van der Waals surface area contributed by atoms with Crippen LogP contribution in [0.1, 0.15) is 19.3 Å². The zero-order valence-electron chi connectivity index (χ0n) is 13.4. The number of benzene rings is 2. The Labute approximate surface area is 140 Å². The third-order valence-electron chi connectivity index (χ3n) is 4.44.